The topological polar surface area (TPSA) is 35.8 Å². The van der Waals surface area contributed by atoms with Gasteiger partial charge in [-0.2, -0.15) is 5.26 Å². The summed E-state index contributed by atoms with van der Waals surface area (Å²) in [6.07, 6.45) is 1.01. The summed E-state index contributed by atoms with van der Waals surface area (Å²) in [6, 6.07) is 7.17. The van der Waals surface area contributed by atoms with Crippen molar-refractivity contribution < 1.29 is 4.39 Å². The predicted molar refractivity (Wildman–Crippen MR) is 66.9 cm³/mol. The monoisotopic (exact) mass is 234 g/mol. The second kappa shape index (κ2) is 6.36. The van der Waals surface area contributed by atoms with Gasteiger partial charge >= 0.3 is 0 Å². The van der Waals surface area contributed by atoms with Crippen LogP contribution in [0.3, 0.4) is 0 Å². The molecule has 17 heavy (non-hydrogen) atoms. The minimum atomic E-state index is -0.402. The molecule has 1 aromatic carbocycles. The van der Waals surface area contributed by atoms with Crippen LogP contribution in [0.5, 0.6) is 0 Å². The molecule has 0 bridgehead atoms. The van der Waals surface area contributed by atoms with Crippen molar-refractivity contribution in [2.75, 3.05) is 0 Å². The molecule has 1 aromatic rings. The van der Waals surface area contributed by atoms with Crippen LogP contribution < -0.4 is 5.32 Å². The second-order valence-corrected chi connectivity index (χ2v) is 4.53. The van der Waals surface area contributed by atoms with Crippen molar-refractivity contribution in [3.05, 3.63) is 35.1 Å². The van der Waals surface area contributed by atoms with E-state index in [9.17, 15) is 4.39 Å². The Bertz CT molecular complexity index is 407. The molecule has 2 nitrogen and oxygen atoms in total. The van der Waals surface area contributed by atoms with Crippen LogP contribution >= 0.6 is 0 Å². The Labute approximate surface area is 102 Å². The van der Waals surface area contributed by atoms with Crippen molar-refractivity contribution in [2.45, 2.75) is 39.8 Å². The molecule has 1 N–H and O–H groups in total. The van der Waals surface area contributed by atoms with Gasteiger partial charge in [-0.3, -0.25) is 0 Å². The molecule has 1 atom stereocenters. The molecule has 0 aliphatic rings. The van der Waals surface area contributed by atoms with E-state index in [0.29, 0.717) is 24.1 Å². The lowest BCUT2D eigenvalue weighted by Gasteiger charge is -2.21. The Morgan fingerprint density at radius 2 is 2.12 bits per heavy atom. The van der Waals surface area contributed by atoms with Gasteiger partial charge in [0.15, 0.2) is 0 Å². The predicted octanol–water partition coefficient (Wildman–Crippen LogP) is 3.22. The van der Waals surface area contributed by atoms with E-state index in [4.69, 9.17) is 5.26 Å². The van der Waals surface area contributed by atoms with E-state index >= 15 is 0 Å². The van der Waals surface area contributed by atoms with Gasteiger partial charge in [-0.1, -0.05) is 32.9 Å². The van der Waals surface area contributed by atoms with E-state index in [1.165, 1.54) is 6.07 Å². The number of hydrogen-bond acceptors (Lipinski definition) is 2. The highest BCUT2D eigenvalue weighted by Gasteiger charge is 2.12. The average Bonchev–Trinajstić information content (AvgIpc) is 2.31. The molecule has 0 spiro atoms. The first-order chi connectivity index (χ1) is 8.10. The van der Waals surface area contributed by atoms with Crippen molar-refractivity contribution in [3.63, 3.8) is 0 Å². The van der Waals surface area contributed by atoms with Crippen LogP contribution in [0.1, 0.15) is 38.3 Å². The van der Waals surface area contributed by atoms with Crippen LogP contribution in [0.15, 0.2) is 18.2 Å². The Balaban J connectivity index is 2.73. The molecular weight excluding hydrogens is 215 g/mol. The lowest BCUT2D eigenvalue weighted by atomic mass is 10.0. The van der Waals surface area contributed by atoms with Crippen molar-refractivity contribution >= 4 is 0 Å². The summed E-state index contributed by atoms with van der Waals surface area (Å²) in [7, 11) is 0. The zero-order chi connectivity index (χ0) is 12.8. The Kier molecular flexibility index (Phi) is 5.11. The number of benzene rings is 1. The smallest absolute Gasteiger partial charge is 0.145 e. The number of rotatable bonds is 5. The van der Waals surface area contributed by atoms with Gasteiger partial charge in [0.1, 0.15) is 11.9 Å². The van der Waals surface area contributed by atoms with E-state index in [2.05, 4.69) is 26.1 Å². The van der Waals surface area contributed by atoms with Crippen molar-refractivity contribution in [2.24, 2.45) is 5.92 Å². The van der Waals surface area contributed by atoms with Gasteiger partial charge in [-0.05, 0) is 18.4 Å². The first kappa shape index (κ1) is 13.7. The first-order valence-electron chi connectivity index (χ1n) is 6.01. The van der Waals surface area contributed by atoms with Gasteiger partial charge < -0.3 is 5.32 Å². The van der Waals surface area contributed by atoms with Gasteiger partial charge in [-0.15, -0.1) is 0 Å². The summed E-state index contributed by atoms with van der Waals surface area (Å²) in [5, 5.41) is 12.1. The van der Waals surface area contributed by atoms with Gasteiger partial charge in [-0.25, -0.2) is 4.39 Å². The number of nitriles is 1. The number of hydrogen-bond donors (Lipinski definition) is 1. The first-order valence-corrected chi connectivity index (χ1v) is 6.01. The van der Waals surface area contributed by atoms with Gasteiger partial charge in [0, 0.05) is 18.2 Å². The summed E-state index contributed by atoms with van der Waals surface area (Å²) >= 11 is 0. The molecule has 0 radical (unpaired) electrons. The number of nitrogens with zero attached hydrogens (tertiary/aromatic N) is 1. The molecule has 0 amide bonds. The molecular formula is C14H19FN2. The molecule has 0 heterocycles. The summed E-state index contributed by atoms with van der Waals surface area (Å²) in [4.78, 5) is 0. The fourth-order valence-corrected chi connectivity index (χ4v) is 1.90. The maximum atomic E-state index is 13.8. The summed E-state index contributed by atoms with van der Waals surface area (Å²) in [5.74, 6) is 0.114. The SMILES string of the molecule is CCC(NCc1cccc(C#N)c1F)C(C)C. The van der Waals surface area contributed by atoms with E-state index in [1.807, 2.05) is 6.07 Å². The summed E-state index contributed by atoms with van der Waals surface area (Å²) in [6.45, 7) is 6.87. The van der Waals surface area contributed by atoms with Crippen molar-refractivity contribution in [3.8, 4) is 6.07 Å². The maximum absolute atomic E-state index is 13.8. The van der Waals surface area contributed by atoms with Gasteiger partial charge in [0.05, 0.1) is 5.56 Å². The van der Waals surface area contributed by atoms with Crippen LogP contribution in [0.2, 0.25) is 0 Å². The largest absolute Gasteiger partial charge is 0.310 e. The lowest BCUT2D eigenvalue weighted by Crippen LogP contribution is -2.32. The van der Waals surface area contributed by atoms with Gasteiger partial charge in [0.25, 0.3) is 0 Å². The molecule has 0 saturated carbocycles. The molecule has 0 saturated heterocycles. The Morgan fingerprint density at radius 3 is 2.65 bits per heavy atom. The molecule has 1 unspecified atom stereocenters. The third-order valence-electron chi connectivity index (χ3n) is 3.00. The fourth-order valence-electron chi connectivity index (χ4n) is 1.90. The highest BCUT2D eigenvalue weighted by atomic mass is 19.1. The minimum absolute atomic E-state index is 0.113. The fraction of sp³-hybridized carbons (Fsp3) is 0.500. The molecule has 1 rings (SSSR count). The molecule has 0 aliphatic carbocycles. The molecule has 0 fully saturated rings. The third-order valence-corrected chi connectivity index (χ3v) is 3.00. The maximum Gasteiger partial charge on any atom is 0.145 e. The van der Waals surface area contributed by atoms with Gasteiger partial charge in [0.2, 0.25) is 0 Å². The van der Waals surface area contributed by atoms with E-state index in [1.54, 1.807) is 12.1 Å². The van der Waals surface area contributed by atoms with E-state index in [0.717, 1.165) is 6.42 Å². The molecule has 92 valence electrons. The highest BCUT2D eigenvalue weighted by Crippen LogP contribution is 2.13. The third kappa shape index (κ3) is 3.54. The quantitative estimate of drug-likeness (QED) is 0.849. The summed E-state index contributed by atoms with van der Waals surface area (Å²) < 4.78 is 13.8. The van der Waals surface area contributed by atoms with E-state index < -0.39 is 5.82 Å². The van der Waals surface area contributed by atoms with Crippen molar-refractivity contribution in [1.82, 2.24) is 5.32 Å². The van der Waals surface area contributed by atoms with Crippen LogP contribution in [0, 0.1) is 23.1 Å². The van der Waals surface area contributed by atoms with Crippen molar-refractivity contribution in [1.29, 1.82) is 5.26 Å². The van der Waals surface area contributed by atoms with Crippen LogP contribution in [0.25, 0.3) is 0 Å². The molecule has 0 aliphatic heterocycles. The second-order valence-electron chi connectivity index (χ2n) is 4.53. The van der Waals surface area contributed by atoms with Crippen LogP contribution in [-0.4, -0.2) is 6.04 Å². The zero-order valence-corrected chi connectivity index (χ0v) is 10.6. The highest BCUT2D eigenvalue weighted by molar-refractivity contribution is 5.34. The molecule has 3 heteroatoms. The van der Waals surface area contributed by atoms with Crippen LogP contribution in [0.4, 0.5) is 4.39 Å². The zero-order valence-electron chi connectivity index (χ0n) is 10.6. The Hall–Kier alpha value is -1.40. The average molecular weight is 234 g/mol. The Morgan fingerprint density at radius 1 is 1.41 bits per heavy atom. The molecule has 0 aromatic heterocycles. The van der Waals surface area contributed by atoms with Crippen LogP contribution in [-0.2, 0) is 6.54 Å². The minimum Gasteiger partial charge on any atom is -0.310 e. The van der Waals surface area contributed by atoms with E-state index in [-0.39, 0.29) is 5.56 Å². The lowest BCUT2D eigenvalue weighted by molar-refractivity contribution is 0.384. The standard InChI is InChI=1S/C14H19FN2/c1-4-13(10(2)3)17-9-12-7-5-6-11(8-16)14(12)15/h5-7,10,13,17H,4,9H2,1-3H3. The number of halogens is 1. The normalized spacial score (nSPS) is 12.5. The summed E-state index contributed by atoms with van der Waals surface area (Å²) in [5.41, 5.74) is 0.671. The number of nitrogens with one attached hydrogen (secondary N) is 1.